The van der Waals surface area contributed by atoms with Crippen molar-refractivity contribution in [2.45, 2.75) is 11.8 Å². The van der Waals surface area contributed by atoms with Crippen LogP contribution in [0, 0.1) is 6.92 Å². The Morgan fingerprint density at radius 2 is 2.10 bits per heavy atom. The fourth-order valence-corrected chi connectivity index (χ4v) is 1.65. The molecule has 0 fully saturated rings. The highest BCUT2D eigenvalue weighted by atomic mass is 32.2. The topological polar surface area (TPSA) is 26.0 Å². The van der Waals surface area contributed by atoms with Crippen LogP contribution in [0.3, 0.4) is 0 Å². The van der Waals surface area contributed by atoms with E-state index in [0.717, 1.165) is 5.69 Å². The van der Waals surface area contributed by atoms with Crippen molar-refractivity contribution in [3.63, 3.8) is 0 Å². The van der Waals surface area contributed by atoms with Crippen LogP contribution in [0.2, 0.25) is 0 Å². The third-order valence-corrected chi connectivity index (χ3v) is 2.41. The average Bonchev–Trinajstić information content (AvgIpc) is 1.88. The van der Waals surface area contributed by atoms with E-state index in [2.05, 4.69) is 13.0 Å². The molecule has 2 heteroatoms. The largest absolute Gasteiger partial charge is 0.398 e. The van der Waals surface area contributed by atoms with Crippen molar-refractivity contribution in [3.05, 3.63) is 23.8 Å². The first-order valence-electron chi connectivity index (χ1n) is 3.15. The van der Waals surface area contributed by atoms with Crippen LogP contribution in [0.25, 0.3) is 0 Å². The second-order valence-corrected chi connectivity index (χ2v) is 3.01. The van der Waals surface area contributed by atoms with Gasteiger partial charge in [0.15, 0.2) is 0 Å². The summed E-state index contributed by atoms with van der Waals surface area (Å²) in [5.74, 6) is 0. The Kier molecular flexibility index (Phi) is 2.22. The zero-order valence-corrected chi connectivity index (χ0v) is 7.03. The number of hydrogen-bond acceptors (Lipinski definition) is 2. The molecule has 1 aromatic carbocycles. The lowest BCUT2D eigenvalue weighted by atomic mass is 10.2. The van der Waals surface area contributed by atoms with Crippen LogP contribution in [-0.4, -0.2) is 6.26 Å². The molecule has 0 radical (unpaired) electrons. The molecule has 0 aliphatic carbocycles. The van der Waals surface area contributed by atoms with Gasteiger partial charge in [0.25, 0.3) is 0 Å². The highest BCUT2D eigenvalue weighted by Gasteiger charge is 1.98. The van der Waals surface area contributed by atoms with Gasteiger partial charge in [0.2, 0.25) is 0 Å². The summed E-state index contributed by atoms with van der Waals surface area (Å²) in [6, 6.07) is 5.98. The summed E-state index contributed by atoms with van der Waals surface area (Å²) in [7, 11) is 0. The van der Waals surface area contributed by atoms with Crippen LogP contribution in [0.5, 0.6) is 0 Å². The van der Waals surface area contributed by atoms with Gasteiger partial charge in [-0.3, -0.25) is 0 Å². The number of thioether (sulfide) groups is 1. The summed E-state index contributed by atoms with van der Waals surface area (Å²) in [6.45, 7) is 2.07. The van der Waals surface area contributed by atoms with Crippen molar-refractivity contribution >= 4 is 17.4 Å². The van der Waals surface area contributed by atoms with Crippen LogP contribution in [0.4, 0.5) is 5.69 Å². The van der Waals surface area contributed by atoms with Crippen LogP contribution in [-0.2, 0) is 0 Å². The van der Waals surface area contributed by atoms with Crippen LogP contribution >= 0.6 is 11.8 Å². The van der Waals surface area contributed by atoms with Gasteiger partial charge < -0.3 is 5.73 Å². The quantitative estimate of drug-likeness (QED) is 0.495. The molecule has 0 amide bonds. The number of benzene rings is 1. The molecule has 0 aliphatic rings. The smallest absolute Gasteiger partial charge is 0.0454 e. The molecule has 0 saturated carbocycles. The summed E-state index contributed by atoms with van der Waals surface area (Å²) >= 11 is 1.70. The molecule has 54 valence electrons. The molecule has 0 unspecified atom stereocenters. The second kappa shape index (κ2) is 2.97. The SMILES string of the molecule is CSc1c(C)cccc1N. The Hall–Kier alpha value is -0.630. The molecule has 0 atom stereocenters. The van der Waals surface area contributed by atoms with Gasteiger partial charge in [-0.25, -0.2) is 0 Å². The first kappa shape index (κ1) is 7.48. The van der Waals surface area contributed by atoms with E-state index in [-0.39, 0.29) is 0 Å². The minimum absolute atomic E-state index is 0.882. The average molecular weight is 153 g/mol. The number of rotatable bonds is 1. The molecule has 2 N–H and O–H groups in total. The summed E-state index contributed by atoms with van der Waals surface area (Å²) in [5, 5.41) is 0. The van der Waals surface area contributed by atoms with E-state index >= 15 is 0 Å². The fraction of sp³-hybridized carbons (Fsp3) is 0.250. The molecule has 10 heavy (non-hydrogen) atoms. The number of aryl methyl sites for hydroxylation is 1. The molecule has 0 saturated heterocycles. The van der Waals surface area contributed by atoms with E-state index in [9.17, 15) is 0 Å². The molecule has 0 spiro atoms. The van der Waals surface area contributed by atoms with Crippen LogP contribution in [0.1, 0.15) is 5.56 Å². The molecule has 1 rings (SSSR count). The first-order chi connectivity index (χ1) is 4.75. The molecular formula is C8H11NS. The number of nitrogens with two attached hydrogens (primary N) is 1. The number of hydrogen-bond donors (Lipinski definition) is 1. The zero-order chi connectivity index (χ0) is 7.56. The van der Waals surface area contributed by atoms with Crippen molar-refractivity contribution in [1.29, 1.82) is 0 Å². The Morgan fingerprint density at radius 1 is 1.40 bits per heavy atom. The van der Waals surface area contributed by atoms with Crippen molar-refractivity contribution in [2.24, 2.45) is 0 Å². The predicted molar refractivity (Wildman–Crippen MR) is 47.4 cm³/mol. The molecule has 0 bridgehead atoms. The van der Waals surface area contributed by atoms with Crippen molar-refractivity contribution in [1.82, 2.24) is 0 Å². The Balaban J connectivity index is 3.17. The number of nitrogen functional groups attached to an aromatic ring is 1. The molecule has 1 aromatic rings. The molecule has 0 heterocycles. The van der Waals surface area contributed by atoms with E-state index in [4.69, 9.17) is 5.73 Å². The van der Waals surface area contributed by atoms with E-state index in [1.54, 1.807) is 11.8 Å². The second-order valence-electron chi connectivity index (χ2n) is 2.20. The van der Waals surface area contributed by atoms with Crippen molar-refractivity contribution in [2.75, 3.05) is 12.0 Å². The predicted octanol–water partition coefficient (Wildman–Crippen LogP) is 2.30. The zero-order valence-electron chi connectivity index (χ0n) is 6.22. The third kappa shape index (κ3) is 1.27. The summed E-state index contributed by atoms with van der Waals surface area (Å²) in [6.07, 6.45) is 2.04. The van der Waals surface area contributed by atoms with Gasteiger partial charge in [0, 0.05) is 10.6 Å². The first-order valence-corrected chi connectivity index (χ1v) is 4.37. The summed E-state index contributed by atoms with van der Waals surface area (Å²) in [4.78, 5) is 1.20. The Labute approximate surface area is 65.6 Å². The van der Waals surface area contributed by atoms with Crippen LogP contribution < -0.4 is 5.73 Å². The molecule has 0 aliphatic heterocycles. The van der Waals surface area contributed by atoms with Gasteiger partial charge in [-0.05, 0) is 24.8 Å². The maximum Gasteiger partial charge on any atom is 0.0454 e. The molecular weight excluding hydrogens is 142 g/mol. The van der Waals surface area contributed by atoms with E-state index in [1.165, 1.54) is 10.5 Å². The highest BCUT2D eigenvalue weighted by molar-refractivity contribution is 7.98. The van der Waals surface area contributed by atoms with Crippen molar-refractivity contribution < 1.29 is 0 Å². The van der Waals surface area contributed by atoms with Crippen molar-refractivity contribution in [3.8, 4) is 0 Å². The monoisotopic (exact) mass is 153 g/mol. The van der Waals surface area contributed by atoms with Crippen LogP contribution in [0.15, 0.2) is 23.1 Å². The normalized spacial score (nSPS) is 9.80. The fourth-order valence-electron chi connectivity index (χ4n) is 0.954. The van der Waals surface area contributed by atoms with Gasteiger partial charge in [0.05, 0.1) is 0 Å². The van der Waals surface area contributed by atoms with E-state index < -0.39 is 0 Å². The summed E-state index contributed by atoms with van der Waals surface area (Å²) in [5.41, 5.74) is 7.85. The minimum Gasteiger partial charge on any atom is -0.398 e. The molecule has 1 nitrogen and oxygen atoms in total. The summed E-state index contributed by atoms with van der Waals surface area (Å²) < 4.78 is 0. The Bertz CT molecular complexity index is 212. The van der Waals surface area contributed by atoms with Gasteiger partial charge >= 0.3 is 0 Å². The lowest BCUT2D eigenvalue weighted by Gasteiger charge is -2.04. The van der Waals surface area contributed by atoms with Gasteiger partial charge in [0.1, 0.15) is 0 Å². The Morgan fingerprint density at radius 3 is 2.50 bits per heavy atom. The maximum atomic E-state index is 5.71. The maximum absolute atomic E-state index is 5.71. The molecule has 0 aromatic heterocycles. The van der Waals surface area contributed by atoms with Gasteiger partial charge in [-0.2, -0.15) is 0 Å². The highest BCUT2D eigenvalue weighted by Crippen LogP contribution is 2.25. The standard InChI is InChI=1S/C8H11NS/c1-6-4-3-5-7(9)8(6)10-2/h3-5H,9H2,1-2H3. The van der Waals surface area contributed by atoms with E-state index in [0.29, 0.717) is 0 Å². The van der Waals surface area contributed by atoms with E-state index in [1.807, 2.05) is 18.4 Å². The van der Waals surface area contributed by atoms with Gasteiger partial charge in [-0.15, -0.1) is 11.8 Å². The third-order valence-electron chi connectivity index (χ3n) is 1.45. The lowest BCUT2D eigenvalue weighted by Crippen LogP contribution is -1.89. The number of anilines is 1. The minimum atomic E-state index is 0.882. The lowest BCUT2D eigenvalue weighted by molar-refractivity contribution is 1.31. The van der Waals surface area contributed by atoms with Gasteiger partial charge in [-0.1, -0.05) is 12.1 Å².